The lowest BCUT2D eigenvalue weighted by molar-refractivity contribution is -0.0475. The molecule has 2 unspecified atom stereocenters. The van der Waals surface area contributed by atoms with Crippen LogP contribution in [0.15, 0.2) is 0 Å². The molecule has 0 amide bonds. The fourth-order valence-corrected chi connectivity index (χ4v) is 4.49. The second-order valence-corrected chi connectivity index (χ2v) is 9.43. The Labute approximate surface area is 118 Å². The van der Waals surface area contributed by atoms with E-state index in [1.165, 1.54) is 6.42 Å². The zero-order valence-corrected chi connectivity index (χ0v) is 13.7. The molecule has 1 aliphatic carbocycles. The van der Waals surface area contributed by atoms with Crippen molar-refractivity contribution in [3.8, 4) is 0 Å². The van der Waals surface area contributed by atoms with Gasteiger partial charge >= 0.3 is 0 Å². The van der Waals surface area contributed by atoms with Crippen molar-refractivity contribution in [1.82, 2.24) is 0 Å². The van der Waals surface area contributed by atoms with Crippen LogP contribution < -0.4 is 5.14 Å². The van der Waals surface area contributed by atoms with Gasteiger partial charge in [-0.15, -0.1) is 0 Å². The second kappa shape index (κ2) is 5.70. The molecule has 114 valence electrons. The van der Waals surface area contributed by atoms with Crippen molar-refractivity contribution in [2.24, 2.45) is 21.9 Å². The Bertz CT molecular complexity index is 401. The fraction of sp³-hybridized carbons (Fsp3) is 1.00. The molecule has 0 bridgehead atoms. The van der Waals surface area contributed by atoms with Crippen molar-refractivity contribution < 1.29 is 13.2 Å². The molecule has 2 N–H and O–H groups in total. The average molecular weight is 291 g/mol. The Hall–Kier alpha value is -0.130. The van der Waals surface area contributed by atoms with Gasteiger partial charge in [-0.2, -0.15) is 0 Å². The van der Waals surface area contributed by atoms with E-state index in [0.717, 1.165) is 12.8 Å². The second-order valence-electron chi connectivity index (χ2n) is 7.82. The lowest BCUT2D eigenvalue weighted by Gasteiger charge is -2.39. The number of primary sulfonamides is 1. The maximum Gasteiger partial charge on any atom is 0.209 e. The molecule has 1 rings (SSSR count). The standard InChI is InChI=1S/C14H29NO3S/c1-11-6-12(8-13(2,3)7-11)18-9-14(4,5)10-19(15,16)17/h11-12H,6-10H2,1-5H3,(H2,15,16,17). The molecule has 1 aliphatic rings. The highest BCUT2D eigenvalue weighted by Crippen LogP contribution is 2.40. The summed E-state index contributed by atoms with van der Waals surface area (Å²) in [6.07, 6.45) is 3.57. The fourth-order valence-electron chi connectivity index (χ4n) is 3.32. The lowest BCUT2D eigenvalue weighted by atomic mass is 9.71. The molecular weight excluding hydrogens is 262 g/mol. The number of hydrogen-bond acceptors (Lipinski definition) is 3. The molecular formula is C14H29NO3S. The molecule has 1 saturated carbocycles. The van der Waals surface area contributed by atoms with Crippen LogP contribution in [0.2, 0.25) is 0 Å². The SMILES string of the molecule is CC1CC(OCC(C)(C)CS(N)(=O)=O)CC(C)(C)C1. The summed E-state index contributed by atoms with van der Waals surface area (Å²) in [6, 6.07) is 0. The van der Waals surface area contributed by atoms with Gasteiger partial charge in [-0.05, 0) is 30.6 Å². The molecule has 0 aromatic rings. The molecule has 0 spiro atoms. The first-order chi connectivity index (χ1) is 8.39. The minimum Gasteiger partial charge on any atom is -0.378 e. The summed E-state index contributed by atoms with van der Waals surface area (Å²) in [5.41, 5.74) is -0.120. The van der Waals surface area contributed by atoms with E-state index in [9.17, 15) is 8.42 Å². The van der Waals surface area contributed by atoms with E-state index in [2.05, 4.69) is 20.8 Å². The van der Waals surface area contributed by atoms with Gasteiger partial charge in [0.1, 0.15) is 0 Å². The van der Waals surface area contributed by atoms with Crippen LogP contribution in [-0.4, -0.2) is 26.9 Å². The highest BCUT2D eigenvalue weighted by Gasteiger charge is 2.34. The van der Waals surface area contributed by atoms with Gasteiger partial charge in [-0.3, -0.25) is 0 Å². The van der Waals surface area contributed by atoms with Crippen molar-refractivity contribution in [3.05, 3.63) is 0 Å². The maximum absolute atomic E-state index is 11.2. The number of hydrogen-bond donors (Lipinski definition) is 1. The first-order valence-electron chi connectivity index (χ1n) is 7.01. The highest BCUT2D eigenvalue weighted by molar-refractivity contribution is 7.89. The van der Waals surface area contributed by atoms with Crippen LogP contribution in [0.25, 0.3) is 0 Å². The van der Waals surface area contributed by atoms with Gasteiger partial charge in [-0.25, -0.2) is 13.6 Å². The number of nitrogens with two attached hydrogens (primary N) is 1. The molecule has 4 nitrogen and oxygen atoms in total. The first-order valence-corrected chi connectivity index (χ1v) is 8.72. The summed E-state index contributed by atoms with van der Waals surface area (Å²) in [4.78, 5) is 0. The van der Waals surface area contributed by atoms with E-state index < -0.39 is 15.4 Å². The van der Waals surface area contributed by atoms with Gasteiger partial charge < -0.3 is 4.74 Å². The predicted octanol–water partition coefficient (Wildman–Crippen LogP) is 2.53. The molecule has 0 saturated heterocycles. The topological polar surface area (TPSA) is 69.4 Å². The Kier molecular flexibility index (Phi) is 5.08. The Morgan fingerprint density at radius 1 is 1.32 bits per heavy atom. The number of rotatable bonds is 5. The molecule has 0 aliphatic heterocycles. The summed E-state index contributed by atoms with van der Waals surface area (Å²) >= 11 is 0. The van der Waals surface area contributed by atoms with Gasteiger partial charge in [-0.1, -0.05) is 34.6 Å². The average Bonchev–Trinajstić information content (AvgIpc) is 2.07. The lowest BCUT2D eigenvalue weighted by Crippen LogP contribution is -2.37. The van der Waals surface area contributed by atoms with Crippen LogP contribution in [0.1, 0.15) is 53.9 Å². The van der Waals surface area contributed by atoms with E-state index in [4.69, 9.17) is 9.88 Å². The minimum atomic E-state index is -3.45. The molecule has 0 radical (unpaired) electrons. The smallest absolute Gasteiger partial charge is 0.209 e. The zero-order valence-electron chi connectivity index (χ0n) is 12.9. The molecule has 1 fully saturated rings. The number of sulfonamides is 1. The molecule has 0 aromatic carbocycles. The van der Waals surface area contributed by atoms with Crippen LogP contribution in [0.4, 0.5) is 0 Å². The van der Waals surface area contributed by atoms with Gasteiger partial charge in [0.25, 0.3) is 0 Å². The zero-order chi connectivity index (χ0) is 14.9. The molecule has 19 heavy (non-hydrogen) atoms. The number of ether oxygens (including phenoxy) is 1. The van der Waals surface area contributed by atoms with Crippen molar-refractivity contribution in [1.29, 1.82) is 0 Å². The Morgan fingerprint density at radius 3 is 2.37 bits per heavy atom. The Balaban J connectivity index is 2.52. The monoisotopic (exact) mass is 291 g/mol. The summed E-state index contributed by atoms with van der Waals surface area (Å²) < 4.78 is 28.3. The summed E-state index contributed by atoms with van der Waals surface area (Å²) in [5, 5.41) is 5.11. The minimum absolute atomic E-state index is 0.0360. The predicted molar refractivity (Wildman–Crippen MR) is 78.3 cm³/mol. The Morgan fingerprint density at radius 2 is 1.89 bits per heavy atom. The third-order valence-corrected chi connectivity index (χ3v) is 4.83. The van der Waals surface area contributed by atoms with E-state index in [1.807, 2.05) is 13.8 Å². The maximum atomic E-state index is 11.2. The van der Waals surface area contributed by atoms with Crippen LogP contribution in [0.3, 0.4) is 0 Å². The van der Waals surface area contributed by atoms with E-state index in [1.54, 1.807) is 0 Å². The quantitative estimate of drug-likeness (QED) is 0.846. The van der Waals surface area contributed by atoms with Gasteiger partial charge in [0.15, 0.2) is 0 Å². The van der Waals surface area contributed by atoms with E-state index >= 15 is 0 Å². The van der Waals surface area contributed by atoms with Crippen LogP contribution >= 0.6 is 0 Å². The molecule has 0 heterocycles. The summed E-state index contributed by atoms with van der Waals surface area (Å²) in [5.74, 6) is 0.626. The van der Waals surface area contributed by atoms with Crippen molar-refractivity contribution in [2.75, 3.05) is 12.4 Å². The third-order valence-electron chi connectivity index (χ3n) is 3.65. The summed E-state index contributed by atoms with van der Waals surface area (Å²) in [7, 11) is -3.45. The van der Waals surface area contributed by atoms with Crippen molar-refractivity contribution in [3.63, 3.8) is 0 Å². The normalized spacial score (nSPS) is 28.3. The molecule has 5 heteroatoms. The van der Waals surface area contributed by atoms with Gasteiger partial charge in [0, 0.05) is 5.41 Å². The van der Waals surface area contributed by atoms with Crippen molar-refractivity contribution in [2.45, 2.75) is 60.0 Å². The van der Waals surface area contributed by atoms with Crippen molar-refractivity contribution >= 4 is 10.0 Å². The van der Waals surface area contributed by atoms with Gasteiger partial charge in [0.2, 0.25) is 10.0 Å². The van der Waals surface area contributed by atoms with Crippen LogP contribution in [0.5, 0.6) is 0 Å². The van der Waals surface area contributed by atoms with E-state index in [-0.39, 0.29) is 11.9 Å². The largest absolute Gasteiger partial charge is 0.378 e. The van der Waals surface area contributed by atoms with E-state index in [0.29, 0.717) is 17.9 Å². The molecule has 2 atom stereocenters. The van der Waals surface area contributed by atoms with Crippen LogP contribution in [-0.2, 0) is 14.8 Å². The molecule has 0 aromatic heterocycles. The van der Waals surface area contributed by atoms with Gasteiger partial charge in [0.05, 0.1) is 18.5 Å². The van der Waals surface area contributed by atoms with Crippen LogP contribution in [0, 0.1) is 16.7 Å². The highest BCUT2D eigenvalue weighted by atomic mass is 32.2. The summed E-state index contributed by atoms with van der Waals surface area (Å²) in [6.45, 7) is 11.0. The first kappa shape index (κ1) is 16.9. The third kappa shape index (κ3) is 6.72.